The Labute approximate surface area is 64.8 Å². The highest BCUT2D eigenvalue weighted by Gasteiger charge is 2.19. The molecule has 0 aromatic carbocycles. The number of hydrogen-bond donors (Lipinski definition) is 2. The van der Waals surface area contributed by atoms with Gasteiger partial charge in [0.15, 0.2) is 0 Å². The van der Waals surface area contributed by atoms with Crippen LogP contribution in [0.1, 0.15) is 17.0 Å². The van der Waals surface area contributed by atoms with Gasteiger partial charge in [0.1, 0.15) is 0 Å². The van der Waals surface area contributed by atoms with E-state index in [2.05, 4.69) is 10.4 Å². The highest BCUT2D eigenvalue weighted by atomic mass is 16.3. The van der Waals surface area contributed by atoms with Crippen molar-refractivity contribution >= 4 is 0 Å². The lowest BCUT2D eigenvalue weighted by Crippen LogP contribution is -2.07. The molecule has 4 nitrogen and oxygen atoms in total. The Morgan fingerprint density at radius 3 is 3.18 bits per heavy atom. The lowest BCUT2D eigenvalue weighted by Gasteiger charge is -1.94. The van der Waals surface area contributed by atoms with Crippen molar-refractivity contribution < 1.29 is 5.11 Å². The van der Waals surface area contributed by atoms with Gasteiger partial charge < -0.3 is 10.4 Å². The van der Waals surface area contributed by atoms with Crippen molar-refractivity contribution in [1.82, 2.24) is 15.1 Å². The van der Waals surface area contributed by atoms with E-state index >= 15 is 0 Å². The van der Waals surface area contributed by atoms with Crippen LogP contribution in [0.5, 0.6) is 0 Å². The molecular weight excluding hydrogens is 142 g/mol. The number of aliphatic hydroxyl groups is 1. The Kier molecular flexibility index (Phi) is 1.44. The molecule has 0 saturated carbocycles. The van der Waals surface area contributed by atoms with Gasteiger partial charge in [0.05, 0.1) is 18.0 Å². The monoisotopic (exact) mass is 153 g/mol. The molecule has 1 aliphatic heterocycles. The van der Waals surface area contributed by atoms with Gasteiger partial charge in [0.2, 0.25) is 0 Å². The van der Waals surface area contributed by atoms with E-state index in [1.807, 2.05) is 11.7 Å². The summed E-state index contributed by atoms with van der Waals surface area (Å²) in [5, 5.41) is 16.3. The van der Waals surface area contributed by atoms with E-state index in [-0.39, 0.29) is 6.61 Å². The van der Waals surface area contributed by atoms with Gasteiger partial charge in [-0.1, -0.05) is 0 Å². The molecule has 0 bridgehead atoms. The van der Waals surface area contributed by atoms with E-state index in [1.54, 1.807) is 0 Å². The minimum atomic E-state index is 0.0465. The Bertz CT molecular complexity index is 279. The Hall–Kier alpha value is -0.870. The minimum absolute atomic E-state index is 0.0465. The second kappa shape index (κ2) is 2.32. The molecule has 0 amide bonds. The number of nitrogens with zero attached hydrogens (tertiary/aromatic N) is 2. The summed E-state index contributed by atoms with van der Waals surface area (Å²) in [5.41, 5.74) is 3.19. The number of fused-ring (bicyclic) bond motifs is 1. The summed E-state index contributed by atoms with van der Waals surface area (Å²) in [6, 6.07) is 0. The fourth-order valence-corrected chi connectivity index (χ4v) is 1.52. The lowest BCUT2D eigenvalue weighted by molar-refractivity contribution is 0.274. The van der Waals surface area contributed by atoms with Crippen LogP contribution in [-0.2, 0) is 26.7 Å². The third-order valence-electron chi connectivity index (χ3n) is 2.10. The van der Waals surface area contributed by atoms with Gasteiger partial charge in [-0.05, 0) is 0 Å². The van der Waals surface area contributed by atoms with Crippen LogP contribution in [0.2, 0.25) is 0 Å². The van der Waals surface area contributed by atoms with E-state index in [0.29, 0.717) is 0 Å². The normalized spacial score (nSPS) is 15.5. The average molecular weight is 153 g/mol. The van der Waals surface area contributed by atoms with Gasteiger partial charge >= 0.3 is 0 Å². The van der Waals surface area contributed by atoms with Crippen LogP contribution >= 0.6 is 0 Å². The summed E-state index contributed by atoms with van der Waals surface area (Å²) in [5.74, 6) is 0. The zero-order chi connectivity index (χ0) is 7.84. The minimum Gasteiger partial charge on any atom is -0.390 e. The molecule has 11 heavy (non-hydrogen) atoms. The molecule has 1 aromatic rings. The smallest absolute Gasteiger partial charge is 0.0927 e. The first kappa shape index (κ1) is 6.82. The highest BCUT2D eigenvalue weighted by Crippen LogP contribution is 2.18. The summed E-state index contributed by atoms with van der Waals surface area (Å²) in [6.07, 6.45) is 0. The van der Waals surface area contributed by atoms with Gasteiger partial charge in [-0.3, -0.25) is 4.68 Å². The van der Waals surface area contributed by atoms with Gasteiger partial charge in [0.25, 0.3) is 0 Å². The van der Waals surface area contributed by atoms with E-state index < -0.39 is 0 Å². The molecular formula is C7H11N3O. The van der Waals surface area contributed by atoms with Crippen LogP contribution < -0.4 is 5.32 Å². The molecule has 0 spiro atoms. The largest absolute Gasteiger partial charge is 0.390 e. The van der Waals surface area contributed by atoms with Crippen molar-refractivity contribution in [1.29, 1.82) is 0 Å². The van der Waals surface area contributed by atoms with E-state index in [1.165, 1.54) is 11.3 Å². The number of nitrogens with one attached hydrogen (secondary N) is 1. The summed E-state index contributed by atoms with van der Waals surface area (Å²) in [6.45, 7) is 1.77. The second-order valence-corrected chi connectivity index (χ2v) is 2.76. The predicted octanol–water partition coefficient (Wildman–Crippen LogP) is -0.484. The first-order chi connectivity index (χ1) is 5.33. The number of rotatable bonds is 1. The molecule has 2 heterocycles. The van der Waals surface area contributed by atoms with E-state index in [0.717, 1.165) is 18.8 Å². The molecule has 4 heteroatoms. The fraction of sp³-hybridized carbons (Fsp3) is 0.571. The Morgan fingerprint density at radius 1 is 1.64 bits per heavy atom. The first-order valence-electron chi connectivity index (χ1n) is 3.68. The van der Waals surface area contributed by atoms with Crippen LogP contribution in [0.3, 0.4) is 0 Å². The van der Waals surface area contributed by atoms with Crippen molar-refractivity contribution in [3.05, 3.63) is 17.0 Å². The number of hydrogen-bond acceptors (Lipinski definition) is 3. The summed E-state index contributed by atoms with van der Waals surface area (Å²) < 4.78 is 1.83. The maximum Gasteiger partial charge on any atom is 0.0927 e. The van der Waals surface area contributed by atoms with Gasteiger partial charge in [-0.2, -0.15) is 5.10 Å². The fourth-order valence-electron chi connectivity index (χ4n) is 1.52. The van der Waals surface area contributed by atoms with Crippen LogP contribution in [-0.4, -0.2) is 14.9 Å². The Morgan fingerprint density at radius 2 is 2.45 bits per heavy atom. The molecule has 0 radical (unpaired) electrons. The molecule has 0 atom stereocenters. The lowest BCUT2D eigenvalue weighted by atomic mass is 10.2. The molecule has 2 rings (SSSR count). The SMILES string of the molecule is Cn1nc(CO)c2c1CNC2. The topological polar surface area (TPSA) is 50.1 Å². The molecule has 2 N–H and O–H groups in total. The number of aromatic nitrogens is 2. The summed E-state index contributed by atoms with van der Waals surface area (Å²) >= 11 is 0. The standard InChI is InChI=1S/C7H11N3O/c1-10-7-3-8-2-5(7)6(4-11)9-10/h8,11H,2-4H2,1H3. The quantitative estimate of drug-likeness (QED) is 0.572. The third kappa shape index (κ3) is 0.868. The van der Waals surface area contributed by atoms with E-state index in [9.17, 15) is 0 Å². The summed E-state index contributed by atoms with van der Waals surface area (Å²) in [4.78, 5) is 0. The van der Waals surface area contributed by atoms with Crippen LogP contribution in [0, 0.1) is 0 Å². The number of aryl methyl sites for hydroxylation is 1. The third-order valence-corrected chi connectivity index (χ3v) is 2.10. The molecule has 1 aromatic heterocycles. The van der Waals surface area contributed by atoms with Crippen molar-refractivity contribution in [2.75, 3.05) is 0 Å². The highest BCUT2D eigenvalue weighted by molar-refractivity contribution is 5.28. The zero-order valence-corrected chi connectivity index (χ0v) is 6.46. The van der Waals surface area contributed by atoms with Crippen molar-refractivity contribution in [3.8, 4) is 0 Å². The van der Waals surface area contributed by atoms with Crippen molar-refractivity contribution in [2.24, 2.45) is 7.05 Å². The average Bonchev–Trinajstić information content (AvgIpc) is 2.54. The van der Waals surface area contributed by atoms with Gasteiger partial charge in [0, 0.05) is 25.7 Å². The van der Waals surface area contributed by atoms with Crippen molar-refractivity contribution in [2.45, 2.75) is 19.7 Å². The number of aliphatic hydroxyl groups excluding tert-OH is 1. The van der Waals surface area contributed by atoms with Crippen LogP contribution in [0.25, 0.3) is 0 Å². The molecule has 1 aliphatic rings. The van der Waals surface area contributed by atoms with Crippen LogP contribution in [0.4, 0.5) is 0 Å². The molecule has 0 aliphatic carbocycles. The summed E-state index contributed by atoms with van der Waals surface area (Å²) in [7, 11) is 1.91. The maximum absolute atomic E-state index is 8.91. The van der Waals surface area contributed by atoms with E-state index in [4.69, 9.17) is 5.11 Å². The van der Waals surface area contributed by atoms with Gasteiger partial charge in [-0.15, -0.1) is 0 Å². The Balaban J connectivity index is 2.52. The van der Waals surface area contributed by atoms with Gasteiger partial charge in [-0.25, -0.2) is 0 Å². The maximum atomic E-state index is 8.91. The van der Waals surface area contributed by atoms with Crippen LogP contribution in [0.15, 0.2) is 0 Å². The second-order valence-electron chi connectivity index (χ2n) is 2.76. The van der Waals surface area contributed by atoms with Crippen molar-refractivity contribution in [3.63, 3.8) is 0 Å². The first-order valence-corrected chi connectivity index (χ1v) is 3.68. The molecule has 60 valence electrons. The molecule has 0 saturated heterocycles. The molecule has 0 fully saturated rings. The predicted molar refractivity (Wildman–Crippen MR) is 39.7 cm³/mol. The molecule has 0 unspecified atom stereocenters. The zero-order valence-electron chi connectivity index (χ0n) is 6.46.